The second-order valence-electron chi connectivity index (χ2n) is 3.06. The molecular formula is C11H10N2O. The molecule has 0 aliphatic rings. The van der Waals surface area contributed by atoms with Crippen LogP contribution in [0.15, 0.2) is 41.7 Å². The molecule has 2 rings (SSSR count). The lowest BCUT2D eigenvalue weighted by Crippen LogP contribution is -1.96. The van der Waals surface area contributed by atoms with Crippen molar-refractivity contribution in [1.29, 1.82) is 0 Å². The van der Waals surface area contributed by atoms with Gasteiger partial charge in [-0.25, -0.2) is 0 Å². The average molecular weight is 186 g/mol. The van der Waals surface area contributed by atoms with E-state index >= 15 is 0 Å². The SMILES string of the molecule is C/C(=N\O)c1ccnc2ccccc12. The van der Waals surface area contributed by atoms with Gasteiger partial charge in [0.05, 0.1) is 11.2 Å². The van der Waals surface area contributed by atoms with Crippen LogP contribution in [0, 0.1) is 0 Å². The fraction of sp³-hybridized carbons (Fsp3) is 0.0909. The van der Waals surface area contributed by atoms with Crippen molar-refractivity contribution in [3.63, 3.8) is 0 Å². The maximum Gasteiger partial charge on any atom is 0.0844 e. The van der Waals surface area contributed by atoms with Gasteiger partial charge in [0, 0.05) is 17.1 Å². The van der Waals surface area contributed by atoms with Crippen LogP contribution >= 0.6 is 0 Å². The minimum Gasteiger partial charge on any atom is -0.411 e. The lowest BCUT2D eigenvalue weighted by atomic mass is 10.1. The molecule has 0 amide bonds. The Morgan fingerprint density at radius 2 is 2.07 bits per heavy atom. The molecule has 0 atom stereocenters. The van der Waals surface area contributed by atoms with Crippen LogP contribution in [0.2, 0.25) is 0 Å². The second kappa shape index (κ2) is 3.46. The number of hydrogen-bond acceptors (Lipinski definition) is 3. The third-order valence-electron chi connectivity index (χ3n) is 2.19. The Kier molecular flexibility index (Phi) is 2.14. The summed E-state index contributed by atoms with van der Waals surface area (Å²) in [6.07, 6.45) is 1.71. The zero-order valence-electron chi connectivity index (χ0n) is 7.81. The van der Waals surface area contributed by atoms with Gasteiger partial charge in [-0.1, -0.05) is 23.4 Å². The monoisotopic (exact) mass is 186 g/mol. The van der Waals surface area contributed by atoms with Crippen LogP contribution in [-0.4, -0.2) is 15.9 Å². The molecule has 1 N–H and O–H groups in total. The van der Waals surface area contributed by atoms with Crippen molar-refractivity contribution in [3.8, 4) is 0 Å². The first kappa shape index (κ1) is 8.69. The third kappa shape index (κ3) is 1.33. The number of aromatic nitrogens is 1. The first-order valence-corrected chi connectivity index (χ1v) is 4.35. The highest BCUT2D eigenvalue weighted by atomic mass is 16.4. The molecule has 3 nitrogen and oxygen atoms in total. The van der Waals surface area contributed by atoms with Crippen LogP contribution in [0.3, 0.4) is 0 Å². The highest BCUT2D eigenvalue weighted by Crippen LogP contribution is 2.16. The van der Waals surface area contributed by atoms with Gasteiger partial charge in [0.25, 0.3) is 0 Å². The average Bonchev–Trinajstić information content (AvgIpc) is 2.27. The summed E-state index contributed by atoms with van der Waals surface area (Å²) in [4.78, 5) is 4.22. The first-order valence-electron chi connectivity index (χ1n) is 4.35. The predicted octanol–water partition coefficient (Wildman–Crippen LogP) is 2.43. The maximum atomic E-state index is 8.72. The summed E-state index contributed by atoms with van der Waals surface area (Å²) in [5.41, 5.74) is 2.43. The normalized spacial score (nSPS) is 11.9. The largest absolute Gasteiger partial charge is 0.411 e. The number of para-hydroxylation sites is 1. The van der Waals surface area contributed by atoms with Crippen molar-refractivity contribution in [2.75, 3.05) is 0 Å². The highest BCUT2D eigenvalue weighted by molar-refractivity contribution is 6.08. The Labute approximate surface area is 81.7 Å². The van der Waals surface area contributed by atoms with Gasteiger partial charge < -0.3 is 5.21 Å². The lowest BCUT2D eigenvalue weighted by molar-refractivity contribution is 0.319. The van der Waals surface area contributed by atoms with Gasteiger partial charge in [-0.05, 0) is 19.1 Å². The molecule has 0 aliphatic heterocycles. The minimum absolute atomic E-state index is 0.601. The number of nitrogens with zero attached hydrogens (tertiary/aromatic N) is 2. The van der Waals surface area contributed by atoms with E-state index in [9.17, 15) is 0 Å². The van der Waals surface area contributed by atoms with Crippen molar-refractivity contribution >= 4 is 16.6 Å². The standard InChI is InChI=1S/C11H10N2O/c1-8(13-14)9-6-7-12-11-5-3-2-4-10(9)11/h2-7,14H,1H3/b13-8+. The zero-order chi connectivity index (χ0) is 9.97. The summed E-state index contributed by atoms with van der Waals surface area (Å²) in [5, 5.41) is 12.9. The van der Waals surface area contributed by atoms with Crippen LogP contribution in [0.4, 0.5) is 0 Å². The van der Waals surface area contributed by atoms with E-state index < -0.39 is 0 Å². The molecule has 0 radical (unpaired) electrons. The maximum absolute atomic E-state index is 8.72. The van der Waals surface area contributed by atoms with Crippen molar-refractivity contribution in [2.24, 2.45) is 5.16 Å². The number of rotatable bonds is 1. The van der Waals surface area contributed by atoms with E-state index in [1.807, 2.05) is 30.3 Å². The Balaban J connectivity index is 2.77. The topological polar surface area (TPSA) is 45.5 Å². The van der Waals surface area contributed by atoms with E-state index in [0.29, 0.717) is 5.71 Å². The highest BCUT2D eigenvalue weighted by Gasteiger charge is 2.03. The minimum atomic E-state index is 0.601. The fourth-order valence-electron chi connectivity index (χ4n) is 1.47. The fourth-order valence-corrected chi connectivity index (χ4v) is 1.47. The number of oxime groups is 1. The van der Waals surface area contributed by atoms with Gasteiger partial charge in [-0.3, -0.25) is 4.98 Å². The van der Waals surface area contributed by atoms with Crippen molar-refractivity contribution in [1.82, 2.24) is 4.98 Å². The smallest absolute Gasteiger partial charge is 0.0844 e. The molecule has 70 valence electrons. The van der Waals surface area contributed by atoms with Crippen molar-refractivity contribution < 1.29 is 5.21 Å². The Hall–Kier alpha value is -1.90. The zero-order valence-corrected chi connectivity index (χ0v) is 7.81. The molecule has 3 heteroatoms. The van der Waals surface area contributed by atoms with Crippen LogP contribution in [0.25, 0.3) is 10.9 Å². The number of hydrogen-bond donors (Lipinski definition) is 1. The summed E-state index contributed by atoms with van der Waals surface area (Å²) in [7, 11) is 0. The third-order valence-corrected chi connectivity index (χ3v) is 2.19. The summed E-state index contributed by atoms with van der Waals surface area (Å²) < 4.78 is 0. The Morgan fingerprint density at radius 3 is 2.86 bits per heavy atom. The summed E-state index contributed by atoms with van der Waals surface area (Å²) in [6.45, 7) is 1.77. The number of pyridine rings is 1. The summed E-state index contributed by atoms with van der Waals surface area (Å²) in [5.74, 6) is 0. The molecule has 0 aliphatic carbocycles. The van der Waals surface area contributed by atoms with Gasteiger partial charge in [-0.15, -0.1) is 0 Å². The van der Waals surface area contributed by atoms with E-state index in [-0.39, 0.29) is 0 Å². The van der Waals surface area contributed by atoms with Crippen LogP contribution in [0.5, 0.6) is 0 Å². The molecule has 1 aromatic heterocycles. The van der Waals surface area contributed by atoms with Gasteiger partial charge >= 0.3 is 0 Å². The number of benzene rings is 1. The van der Waals surface area contributed by atoms with Gasteiger partial charge in [-0.2, -0.15) is 0 Å². The molecule has 1 heterocycles. The first-order chi connectivity index (χ1) is 6.83. The molecule has 1 aromatic carbocycles. The number of fused-ring (bicyclic) bond motifs is 1. The van der Waals surface area contributed by atoms with E-state index in [1.165, 1.54) is 0 Å². The second-order valence-corrected chi connectivity index (χ2v) is 3.06. The Bertz CT molecular complexity index is 486. The predicted molar refractivity (Wildman–Crippen MR) is 55.7 cm³/mol. The Morgan fingerprint density at radius 1 is 1.29 bits per heavy atom. The molecular weight excluding hydrogens is 176 g/mol. The quantitative estimate of drug-likeness (QED) is 0.422. The van der Waals surface area contributed by atoms with Crippen LogP contribution < -0.4 is 0 Å². The van der Waals surface area contributed by atoms with E-state index in [2.05, 4.69) is 10.1 Å². The van der Waals surface area contributed by atoms with E-state index in [4.69, 9.17) is 5.21 Å². The molecule has 0 fully saturated rings. The molecule has 0 bridgehead atoms. The van der Waals surface area contributed by atoms with E-state index in [0.717, 1.165) is 16.5 Å². The van der Waals surface area contributed by atoms with Crippen LogP contribution in [-0.2, 0) is 0 Å². The van der Waals surface area contributed by atoms with Gasteiger partial charge in [0.15, 0.2) is 0 Å². The molecule has 0 saturated heterocycles. The summed E-state index contributed by atoms with van der Waals surface area (Å²) in [6, 6.07) is 9.62. The van der Waals surface area contributed by atoms with Crippen molar-refractivity contribution in [2.45, 2.75) is 6.92 Å². The van der Waals surface area contributed by atoms with Gasteiger partial charge in [0.2, 0.25) is 0 Å². The van der Waals surface area contributed by atoms with Crippen molar-refractivity contribution in [3.05, 3.63) is 42.1 Å². The van der Waals surface area contributed by atoms with Crippen LogP contribution in [0.1, 0.15) is 12.5 Å². The van der Waals surface area contributed by atoms with Gasteiger partial charge in [0.1, 0.15) is 0 Å². The summed E-state index contributed by atoms with van der Waals surface area (Å²) >= 11 is 0. The van der Waals surface area contributed by atoms with E-state index in [1.54, 1.807) is 13.1 Å². The molecule has 2 aromatic rings. The molecule has 14 heavy (non-hydrogen) atoms. The molecule has 0 unspecified atom stereocenters. The lowest BCUT2D eigenvalue weighted by Gasteiger charge is -2.03. The molecule has 0 saturated carbocycles. The molecule has 0 spiro atoms.